The molecule has 23 heavy (non-hydrogen) atoms. The van der Waals surface area contributed by atoms with E-state index in [1.807, 2.05) is 18.2 Å². The Morgan fingerprint density at radius 2 is 2.13 bits per heavy atom. The van der Waals surface area contributed by atoms with Crippen molar-refractivity contribution in [3.63, 3.8) is 0 Å². The number of fused-ring (bicyclic) bond motifs is 2. The van der Waals surface area contributed by atoms with Crippen LogP contribution in [0.3, 0.4) is 0 Å². The topological polar surface area (TPSA) is 46.6 Å². The van der Waals surface area contributed by atoms with Crippen LogP contribution in [0.2, 0.25) is 0 Å². The van der Waals surface area contributed by atoms with Crippen LogP contribution in [0.5, 0.6) is 0 Å². The molecule has 0 unspecified atom stereocenters. The molecule has 0 radical (unpaired) electrons. The lowest BCUT2D eigenvalue weighted by molar-refractivity contribution is -0.171. The summed E-state index contributed by atoms with van der Waals surface area (Å²) < 4.78 is 5.28. The number of ether oxygens (including phenoxy) is 1. The van der Waals surface area contributed by atoms with Crippen LogP contribution in [0.25, 0.3) is 0 Å². The van der Waals surface area contributed by atoms with Gasteiger partial charge in [0.1, 0.15) is 5.41 Å². The monoisotopic (exact) mass is 315 g/mol. The van der Waals surface area contributed by atoms with E-state index in [9.17, 15) is 9.59 Å². The van der Waals surface area contributed by atoms with Gasteiger partial charge in [-0.3, -0.25) is 14.5 Å². The molecule has 0 aromatic heterocycles. The molecule has 0 amide bonds. The Bertz CT molecular complexity index is 586. The largest absolute Gasteiger partial charge is 0.465 e. The number of hydrogen-bond acceptors (Lipinski definition) is 4. The normalized spacial score (nSPS) is 29.1. The Hall–Kier alpha value is -1.68. The van der Waals surface area contributed by atoms with Gasteiger partial charge < -0.3 is 4.74 Å². The first kappa shape index (κ1) is 16.2. The number of rotatable bonds is 4. The first-order valence-corrected chi connectivity index (χ1v) is 8.59. The Kier molecular flexibility index (Phi) is 4.53. The third kappa shape index (κ3) is 2.80. The summed E-state index contributed by atoms with van der Waals surface area (Å²) in [6.45, 7) is 5.51. The number of benzene rings is 1. The van der Waals surface area contributed by atoms with E-state index in [2.05, 4.69) is 24.0 Å². The van der Waals surface area contributed by atoms with Gasteiger partial charge >= 0.3 is 5.97 Å². The predicted molar refractivity (Wildman–Crippen MR) is 87.8 cm³/mol. The number of nitrogens with zero attached hydrogens (tertiary/aromatic N) is 1. The third-order valence-electron chi connectivity index (χ3n) is 5.42. The molecule has 2 aliphatic rings. The van der Waals surface area contributed by atoms with Crippen LogP contribution < -0.4 is 0 Å². The van der Waals surface area contributed by atoms with E-state index in [1.54, 1.807) is 6.92 Å². The van der Waals surface area contributed by atoms with E-state index in [0.29, 0.717) is 19.6 Å². The molecule has 1 aromatic carbocycles. The fourth-order valence-corrected chi connectivity index (χ4v) is 4.09. The summed E-state index contributed by atoms with van der Waals surface area (Å²) in [4.78, 5) is 27.7. The molecule has 1 aromatic rings. The maximum Gasteiger partial charge on any atom is 0.320 e. The molecule has 0 N–H and O–H groups in total. The van der Waals surface area contributed by atoms with E-state index in [4.69, 9.17) is 4.74 Å². The molecule has 3 atom stereocenters. The molecule has 3 rings (SSSR count). The summed E-state index contributed by atoms with van der Waals surface area (Å²) in [5.74, 6) is -0.244. The number of carbonyl (C=O) groups excluding carboxylic acids is 2. The summed E-state index contributed by atoms with van der Waals surface area (Å²) in [7, 11) is 0. The summed E-state index contributed by atoms with van der Waals surface area (Å²) in [5, 5.41) is 0. The van der Waals surface area contributed by atoms with E-state index < -0.39 is 5.41 Å². The van der Waals surface area contributed by atoms with E-state index in [1.165, 1.54) is 5.56 Å². The number of carbonyl (C=O) groups is 2. The first-order chi connectivity index (χ1) is 11.1. The summed E-state index contributed by atoms with van der Waals surface area (Å²) >= 11 is 0. The van der Waals surface area contributed by atoms with Crippen LogP contribution >= 0.6 is 0 Å². The van der Waals surface area contributed by atoms with Gasteiger partial charge in [-0.25, -0.2) is 0 Å². The summed E-state index contributed by atoms with van der Waals surface area (Å²) in [6, 6.07) is 10.5. The smallest absolute Gasteiger partial charge is 0.320 e. The Balaban J connectivity index is 1.88. The third-order valence-corrected chi connectivity index (χ3v) is 5.42. The molecular weight excluding hydrogens is 290 g/mol. The lowest BCUT2D eigenvalue weighted by Gasteiger charge is -2.48. The van der Waals surface area contributed by atoms with Crippen LogP contribution in [0.15, 0.2) is 30.3 Å². The molecule has 1 aliphatic carbocycles. The second-order valence-corrected chi connectivity index (χ2v) is 6.77. The summed E-state index contributed by atoms with van der Waals surface area (Å²) in [5.41, 5.74) is 0.277. The zero-order chi connectivity index (χ0) is 16.4. The van der Waals surface area contributed by atoms with Crippen molar-refractivity contribution < 1.29 is 14.3 Å². The van der Waals surface area contributed by atoms with Gasteiger partial charge in [0, 0.05) is 25.0 Å². The first-order valence-electron chi connectivity index (χ1n) is 8.59. The van der Waals surface area contributed by atoms with Crippen LogP contribution in [0.1, 0.15) is 44.7 Å². The SMILES string of the molecule is CCOC(=O)[C@]12CCC[C@H](CN([C@@H](C)c3ccccc3)C1)C2=O. The average molecular weight is 315 g/mol. The minimum Gasteiger partial charge on any atom is -0.465 e. The lowest BCUT2D eigenvalue weighted by Crippen LogP contribution is -2.60. The maximum atomic E-state index is 12.8. The van der Waals surface area contributed by atoms with Crippen molar-refractivity contribution >= 4 is 11.8 Å². The van der Waals surface area contributed by atoms with Crippen LogP contribution in [-0.2, 0) is 14.3 Å². The molecule has 4 nitrogen and oxygen atoms in total. The van der Waals surface area contributed by atoms with Crippen LogP contribution in [0.4, 0.5) is 0 Å². The number of hydrogen-bond donors (Lipinski definition) is 0. The lowest BCUT2D eigenvalue weighted by atomic mass is 9.65. The highest BCUT2D eigenvalue weighted by Crippen LogP contribution is 2.44. The number of Topliss-reactive ketones (excluding diaryl/α,β-unsaturated/α-hetero) is 1. The van der Waals surface area contributed by atoms with Gasteiger partial charge in [0.2, 0.25) is 0 Å². The molecule has 1 heterocycles. The maximum absolute atomic E-state index is 12.8. The van der Waals surface area contributed by atoms with Crippen molar-refractivity contribution in [1.82, 2.24) is 4.90 Å². The van der Waals surface area contributed by atoms with Crippen molar-refractivity contribution in [3.05, 3.63) is 35.9 Å². The van der Waals surface area contributed by atoms with Gasteiger partial charge in [0.05, 0.1) is 6.61 Å². The molecule has 2 fully saturated rings. The Morgan fingerprint density at radius 1 is 1.39 bits per heavy atom. The number of piperidine rings is 1. The molecule has 2 bridgehead atoms. The number of likely N-dealkylation sites (tertiary alicyclic amines) is 1. The van der Waals surface area contributed by atoms with Crippen LogP contribution in [-0.4, -0.2) is 36.3 Å². The van der Waals surface area contributed by atoms with E-state index in [-0.39, 0.29) is 23.7 Å². The second-order valence-electron chi connectivity index (χ2n) is 6.77. The van der Waals surface area contributed by atoms with Gasteiger partial charge in [-0.1, -0.05) is 36.8 Å². The number of ketones is 1. The highest BCUT2D eigenvalue weighted by molar-refractivity contribution is 6.06. The fourth-order valence-electron chi connectivity index (χ4n) is 4.09. The van der Waals surface area contributed by atoms with Gasteiger partial charge in [0.25, 0.3) is 0 Å². The highest BCUT2D eigenvalue weighted by atomic mass is 16.5. The van der Waals surface area contributed by atoms with Crippen molar-refractivity contribution in [2.75, 3.05) is 19.7 Å². The molecule has 4 heteroatoms. The minimum atomic E-state index is -0.944. The molecule has 1 saturated carbocycles. The predicted octanol–water partition coefficient (Wildman–Crippen LogP) is 2.98. The molecule has 0 spiro atoms. The average Bonchev–Trinajstić information content (AvgIpc) is 2.55. The van der Waals surface area contributed by atoms with Crippen molar-refractivity contribution in [3.8, 4) is 0 Å². The van der Waals surface area contributed by atoms with Gasteiger partial charge in [-0.2, -0.15) is 0 Å². The molecule has 124 valence electrons. The van der Waals surface area contributed by atoms with Gasteiger partial charge in [0.15, 0.2) is 5.78 Å². The minimum absolute atomic E-state index is 0.0342. The standard InChI is InChI=1S/C19H25NO3/c1-3-23-18(22)19-11-7-10-16(17(19)21)12-20(13-19)14(2)15-8-5-4-6-9-15/h4-6,8-9,14,16H,3,7,10-13H2,1-2H3/t14-,16+,19+/m0/s1. The highest BCUT2D eigenvalue weighted by Gasteiger charge is 2.56. The van der Waals surface area contributed by atoms with Gasteiger partial charge in [-0.15, -0.1) is 0 Å². The Morgan fingerprint density at radius 3 is 2.83 bits per heavy atom. The number of esters is 1. The molecular formula is C19H25NO3. The summed E-state index contributed by atoms with van der Waals surface area (Å²) in [6.07, 6.45) is 2.44. The Labute approximate surface area is 137 Å². The van der Waals surface area contributed by atoms with E-state index in [0.717, 1.165) is 19.4 Å². The fraction of sp³-hybridized carbons (Fsp3) is 0.579. The van der Waals surface area contributed by atoms with Crippen molar-refractivity contribution in [1.29, 1.82) is 0 Å². The quantitative estimate of drug-likeness (QED) is 0.633. The zero-order valence-electron chi connectivity index (χ0n) is 14.0. The molecule has 1 aliphatic heterocycles. The van der Waals surface area contributed by atoms with Gasteiger partial charge in [-0.05, 0) is 32.3 Å². The van der Waals surface area contributed by atoms with E-state index >= 15 is 0 Å². The van der Waals surface area contributed by atoms with Crippen LogP contribution in [0, 0.1) is 11.3 Å². The molecule has 1 saturated heterocycles. The second kappa shape index (κ2) is 6.44. The zero-order valence-corrected chi connectivity index (χ0v) is 14.0. The van der Waals surface area contributed by atoms with Crippen molar-refractivity contribution in [2.45, 2.75) is 39.2 Å². The van der Waals surface area contributed by atoms with Crippen molar-refractivity contribution in [2.24, 2.45) is 11.3 Å².